The maximum Gasteiger partial charge on any atom is 0.490 e. The van der Waals surface area contributed by atoms with E-state index in [2.05, 4.69) is 55.1 Å². The first-order valence-corrected chi connectivity index (χ1v) is 27.6. The van der Waals surface area contributed by atoms with E-state index < -0.39 is 72.2 Å². The fraction of sp³-hybridized carbons (Fsp3) is 0.386. The van der Waals surface area contributed by atoms with Crippen LogP contribution in [0.5, 0.6) is 0 Å². The van der Waals surface area contributed by atoms with Crippen LogP contribution in [0.15, 0.2) is 69.1 Å². The molecule has 0 spiro atoms. The van der Waals surface area contributed by atoms with Gasteiger partial charge in [0.05, 0.1) is 18.3 Å². The van der Waals surface area contributed by atoms with E-state index in [9.17, 15) is 47.8 Å². The van der Waals surface area contributed by atoms with Crippen LogP contribution in [0.2, 0.25) is 0 Å². The van der Waals surface area contributed by atoms with Gasteiger partial charge in [-0.1, -0.05) is 18.2 Å². The van der Waals surface area contributed by atoms with Crippen LogP contribution in [0.1, 0.15) is 54.4 Å². The second-order valence-corrected chi connectivity index (χ2v) is 21.4. The van der Waals surface area contributed by atoms with Gasteiger partial charge in [-0.2, -0.15) is 13.6 Å². The molecule has 31 heteroatoms. The highest BCUT2D eigenvalue weighted by Gasteiger charge is 2.50. The van der Waals surface area contributed by atoms with Crippen molar-refractivity contribution < 1.29 is 79.8 Å². The number of nitrogen functional groups attached to an aromatic ring is 1. The van der Waals surface area contributed by atoms with E-state index in [0.717, 1.165) is 49.6 Å². The predicted molar refractivity (Wildman–Crippen MR) is 268 cm³/mol. The summed E-state index contributed by atoms with van der Waals surface area (Å²) in [6.07, 6.45) is -6.86. The maximum atomic E-state index is 14.3. The van der Waals surface area contributed by atoms with E-state index in [1.54, 1.807) is 19.2 Å². The molecule has 2 unspecified atom stereocenters. The molecule has 2 aromatic heterocycles. The lowest BCUT2D eigenvalue weighted by Crippen LogP contribution is -2.41. The lowest BCUT2D eigenvalue weighted by molar-refractivity contribution is -0.121. The smallest absolute Gasteiger partial charge is 0.456 e. The molecule has 1 aliphatic carbocycles. The van der Waals surface area contributed by atoms with Crippen LogP contribution >= 0.6 is 23.5 Å². The normalized spacial score (nSPS) is 18.7. The Hall–Kier alpha value is -6.38. The van der Waals surface area contributed by atoms with E-state index in [-0.39, 0.29) is 55.5 Å². The Morgan fingerprint density at radius 1 is 0.973 bits per heavy atom. The van der Waals surface area contributed by atoms with E-state index in [0.29, 0.717) is 35.6 Å². The molecule has 0 bridgehead atoms. The van der Waals surface area contributed by atoms with Crippen molar-refractivity contribution in [3.05, 3.63) is 87.3 Å². The number of ether oxygens (including phenoxy) is 2. The molecule has 3 aliphatic rings. The van der Waals surface area contributed by atoms with Crippen molar-refractivity contribution in [2.75, 3.05) is 57.4 Å². The van der Waals surface area contributed by atoms with Gasteiger partial charge >= 0.3 is 29.6 Å². The number of hydrogen-bond donors (Lipinski definition) is 10. The Labute approximate surface area is 426 Å². The maximum absolute atomic E-state index is 14.3. The highest BCUT2D eigenvalue weighted by Crippen LogP contribution is 2.66. The van der Waals surface area contributed by atoms with Crippen LogP contribution < -0.4 is 32.6 Å². The molecular formula is C44H55N10O18P3. The third-order valence-corrected chi connectivity index (χ3v) is 15.4. The molecule has 6 atom stereocenters. The van der Waals surface area contributed by atoms with Crippen LogP contribution in [-0.2, 0) is 41.1 Å². The fourth-order valence-electron chi connectivity index (χ4n) is 8.30. The number of carbonyl (C=O) groups excluding carboxylic acids is 3. The van der Waals surface area contributed by atoms with E-state index in [1.807, 2.05) is 58.0 Å². The topological polar surface area (TPSA) is 404 Å². The number of aromatic nitrogens is 4. The van der Waals surface area contributed by atoms with Gasteiger partial charge in [0, 0.05) is 86.1 Å². The zero-order valence-electron chi connectivity index (χ0n) is 40.9. The summed E-state index contributed by atoms with van der Waals surface area (Å²) >= 11 is 0. The molecule has 7 rings (SSSR count). The van der Waals surface area contributed by atoms with E-state index >= 15 is 0 Å². The number of nitrogens with one attached hydrogen (secondary N) is 4. The number of benzene rings is 3. The number of fused-ring (bicyclic) bond motifs is 3. The quantitative estimate of drug-likeness (QED) is 0.0280. The number of aromatic amines is 1. The van der Waals surface area contributed by atoms with Crippen LogP contribution in [0.4, 0.5) is 16.4 Å². The van der Waals surface area contributed by atoms with Gasteiger partial charge in [-0.15, -0.1) is 0 Å². The number of hydrogen-bond acceptors (Lipinski definition) is 19. The van der Waals surface area contributed by atoms with E-state index in [4.69, 9.17) is 29.4 Å². The molecule has 404 valence electrons. The lowest BCUT2D eigenvalue weighted by Gasteiger charge is -2.22. The summed E-state index contributed by atoms with van der Waals surface area (Å²) < 4.78 is 66.1. The average molecular weight is 1100 g/mol. The molecule has 11 N–H and O–H groups in total. The number of phosphoric ester groups is 1. The summed E-state index contributed by atoms with van der Waals surface area (Å²) in [6.45, 7) is 8.02. The van der Waals surface area contributed by atoms with Gasteiger partial charge in [0.25, 0.3) is 11.5 Å². The molecule has 4 aromatic rings. The van der Waals surface area contributed by atoms with Crippen LogP contribution in [0.3, 0.4) is 0 Å². The highest BCUT2D eigenvalue weighted by molar-refractivity contribution is 7.66. The number of alkyl carbamates (subject to hydrolysis) is 1. The third kappa shape index (κ3) is 13.5. The number of rotatable bonds is 21. The number of aryl methyl sites for hydroxylation is 2. The minimum absolute atomic E-state index is 0.00631. The van der Waals surface area contributed by atoms with Crippen molar-refractivity contribution >= 4 is 75.1 Å². The second kappa shape index (κ2) is 23.2. The SMILES string of the molecule is CCN=c1cc2oc3cc(NCC)c(C)cc3c(-c3ccccc3C(=O)N(C)CCCC(=O)NCCNC(=O)O[C@@H]3[C@H](O)[C@@H](COP(=O)(O)OP(=O)(O)OP(=O)(O)O)O[C@H]3n3cnc4c(=O)[nH]c(N)nc43)c-2cc1C. The summed E-state index contributed by atoms with van der Waals surface area (Å²) in [5, 5.41) is 21.3. The molecule has 0 radical (unpaired) electrons. The van der Waals surface area contributed by atoms with Gasteiger partial charge in [-0.05, 0) is 69.0 Å². The largest absolute Gasteiger partial charge is 0.490 e. The average Bonchev–Trinajstić information content (AvgIpc) is 3.88. The van der Waals surface area contributed by atoms with Gasteiger partial charge in [0.2, 0.25) is 11.9 Å². The van der Waals surface area contributed by atoms with Gasteiger partial charge in [0.15, 0.2) is 23.5 Å². The van der Waals surface area contributed by atoms with E-state index in [1.165, 1.54) is 4.90 Å². The Balaban J connectivity index is 0.964. The van der Waals surface area contributed by atoms with Crippen LogP contribution in [0.25, 0.3) is 44.6 Å². The first-order valence-electron chi connectivity index (χ1n) is 23.1. The highest BCUT2D eigenvalue weighted by atomic mass is 31.3. The molecule has 1 fully saturated rings. The Morgan fingerprint density at radius 3 is 2.43 bits per heavy atom. The number of nitrogens with zero attached hydrogens (tertiary/aromatic N) is 5. The van der Waals surface area contributed by atoms with Gasteiger partial charge in [-0.3, -0.25) is 33.5 Å². The van der Waals surface area contributed by atoms with Crippen molar-refractivity contribution in [2.45, 2.75) is 65.1 Å². The number of imidazole rings is 1. The molecule has 2 aromatic carbocycles. The number of H-pyrrole nitrogens is 1. The van der Waals surface area contributed by atoms with Crippen LogP contribution in [0, 0.1) is 13.8 Å². The van der Waals surface area contributed by atoms with Gasteiger partial charge < -0.3 is 65.2 Å². The number of aliphatic hydroxyl groups excluding tert-OH is 1. The number of anilines is 2. The number of amides is 3. The van der Waals surface area contributed by atoms with Crippen LogP contribution in [-0.4, -0.2) is 132 Å². The number of phosphoric acid groups is 3. The first-order chi connectivity index (χ1) is 35.4. The Morgan fingerprint density at radius 2 is 1.71 bits per heavy atom. The summed E-state index contributed by atoms with van der Waals surface area (Å²) in [4.78, 5) is 106. The van der Waals surface area contributed by atoms with Crippen molar-refractivity contribution in [2.24, 2.45) is 4.99 Å². The zero-order chi connectivity index (χ0) is 54.6. The van der Waals surface area contributed by atoms with Gasteiger partial charge in [-0.25, -0.2) is 23.5 Å². The molecule has 1 saturated heterocycles. The fourth-order valence-corrected chi connectivity index (χ4v) is 11.3. The third-order valence-electron chi connectivity index (χ3n) is 11.6. The lowest BCUT2D eigenvalue weighted by atomic mass is 9.89. The van der Waals surface area contributed by atoms with Crippen molar-refractivity contribution in [1.29, 1.82) is 0 Å². The van der Waals surface area contributed by atoms with Crippen molar-refractivity contribution in [3.63, 3.8) is 0 Å². The summed E-state index contributed by atoms with van der Waals surface area (Å²) in [5.74, 6) is -0.420. The molecule has 28 nitrogen and oxygen atoms in total. The predicted octanol–water partition coefficient (Wildman–Crippen LogP) is 3.55. The summed E-state index contributed by atoms with van der Waals surface area (Å²) in [5.41, 5.74) is 10.7. The molecule has 0 saturated carbocycles. The van der Waals surface area contributed by atoms with Gasteiger partial charge in [0.1, 0.15) is 23.6 Å². The molecule has 3 amide bonds. The minimum Gasteiger partial charge on any atom is -0.456 e. The number of nitrogens with two attached hydrogens (primary N) is 1. The van der Waals surface area contributed by atoms with Crippen molar-refractivity contribution in [1.82, 2.24) is 35.1 Å². The van der Waals surface area contributed by atoms with Crippen molar-refractivity contribution in [3.8, 4) is 22.5 Å². The molecule has 4 heterocycles. The number of carbonyl (C=O) groups is 3. The first kappa shape index (κ1) is 56.3. The summed E-state index contributed by atoms with van der Waals surface area (Å²) in [7, 11) is -15.6. The standard InChI is InChI=1S/C44H55N10O18P3/c1-6-46-29-19-31-27(17-23(29)3)35(28-18-24(4)30(47-7-2)20-32(28)68-31)25-11-8-9-12-26(25)41(58)53(5)16-10-13-34(55)48-14-15-49-44(59)70-38-37(56)33(21-67-74(63,64)72-75(65,66)71-73(60,61)62)69-42(38)54-22-50-36-39(54)51-43(45)52-40(36)57/h8-9,11-12,17-20,22,33,37-38,42,46,56H,6-7,10,13-16,21H2,1-5H3,(H,48,55)(H,49,59)(H,63,64)(H,65,66)(H2,60,61,62)(H3,45,51,52,57)/t33-,37-,38-,42-/m1/s1. The monoisotopic (exact) mass is 1100 g/mol. The zero-order valence-corrected chi connectivity index (χ0v) is 43.5. The molecule has 75 heavy (non-hydrogen) atoms. The second-order valence-electron chi connectivity index (χ2n) is 17.0. The molecular weight excluding hydrogens is 1050 g/mol. The molecule has 2 aliphatic heterocycles. The number of aliphatic hydroxyl groups is 1. The Kier molecular flexibility index (Phi) is 17.5. The summed E-state index contributed by atoms with van der Waals surface area (Å²) in [6, 6.07) is 15.3. The Bertz CT molecular complexity index is 3380. The minimum atomic E-state index is -5.90.